The lowest BCUT2D eigenvalue weighted by atomic mass is 9.81. The van der Waals surface area contributed by atoms with E-state index in [1.807, 2.05) is 0 Å². The summed E-state index contributed by atoms with van der Waals surface area (Å²) in [5.74, 6) is -0.554. The topological polar surface area (TPSA) is 119 Å². The minimum absolute atomic E-state index is 0.00884. The number of rotatable bonds is 8. The molecule has 12 bridgehead atoms. The van der Waals surface area contributed by atoms with Crippen molar-refractivity contribution in [3.8, 4) is 0 Å². The van der Waals surface area contributed by atoms with Gasteiger partial charge in [0.25, 0.3) is 0 Å². The summed E-state index contributed by atoms with van der Waals surface area (Å²) >= 11 is 0. The van der Waals surface area contributed by atoms with Crippen molar-refractivity contribution in [3.05, 3.63) is 24.3 Å². The fourth-order valence-electron chi connectivity index (χ4n) is 12.4. The lowest BCUT2D eigenvalue weighted by Crippen LogP contribution is -2.61. The van der Waals surface area contributed by atoms with Crippen molar-refractivity contribution in [2.45, 2.75) is 272 Å². The van der Waals surface area contributed by atoms with E-state index in [-0.39, 0.29) is 125 Å². The van der Waals surface area contributed by atoms with E-state index < -0.39 is 22.4 Å². The van der Waals surface area contributed by atoms with Crippen LogP contribution in [0.25, 0.3) is 0 Å². The van der Waals surface area contributed by atoms with Crippen molar-refractivity contribution in [3.63, 3.8) is 0 Å². The summed E-state index contributed by atoms with van der Waals surface area (Å²) in [7, 11) is -2.55. The summed E-state index contributed by atoms with van der Waals surface area (Å²) in [5, 5.41) is 0.0634. The van der Waals surface area contributed by atoms with Gasteiger partial charge < -0.3 is 51.5 Å². The molecule has 0 amide bonds. The van der Waals surface area contributed by atoms with Gasteiger partial charge in [-0.15, -0.1) is 0 Å². The summed E-state index contributed by atoms with van der Waals surface area (Å²) in [5.41, 5.74) is 2.25. The highest BCUT2D eigenvalue weighted by Gasteiger charge is 2.69. The average Bonchev–Trinajstić information content (AvgIpc) is 3.90. The Bertz CT molecular complexity index is 1790. The maximum atomic E-state index is 14.6. The number of methoxy groups -OCH3 is 1. The second kappa shape index (κ2) is 18.6. The second-order valence-corrected chi connectivity index (χ2v) is 34.7. The van der Waals surface area contributed by atoms with Crippen molar-refractivity contribution in [1.82, 2.24) is 0 Å². The van der Waals surface area contributed by atoms with Crippen LogP contribution < -0.4 is 0 Å². The Balaban J connectivity index is 0.993. The number of carbonyl (C=O) groups is 1. The highest BCUT2D eigenvalue weighted by Crippen LogP contribution is 2.55. The van der Waals surface area contributed by atoms with Gasteiger partial charge in [-0.1, -0.05) is 61.6 Å². The van der Waals surface area contributed by atoms with Crippen LogP contribution in [0.5, 0.6) is 0 Å². The Morgan fingerprint density at radius 1 is 0.697 bits per heavy atom. The van der Waals surface area contributed by atoms with Gasteiger partial charge in [0, 0.05) is 51.6 Å². The van der Waals surface area contributed by atoms with Gasteiger partial charge in [-0.05, 0) is 98.3 Å². The van der Waals surface area contributed by atoms with Crippen LogP contribution in [0.4, 0.5) is 0 Å². The van der Waals surface area contributed by atoms with Gasteiger partial charge >= 0.3 is 0 Å². The molecule has 10 aliphatic heterocycles. The van der Waals surface area contributed by atoms with Gasteiger partial charge in [0.15, 0.2) is 22.4 Å². The van der Waals surface area contributed by atoms with Crippen LogP contribution in [0.2, 0.25) is 36.3 Å². The third-order valence-electron chi connectivity index (χ3n) is 18.4. The van der Waals surface area contributed by atoms with Crippen molar-refractivity contribution >= 4 is 22.4 Å². The molecule has 10 heterocycles. The first-order chi connectivity index (χ1) is 30.9. The van der Waals surface area contributed by atoms with Crippen molar-refractivity contribution < 1.29 is 56.3 Å². The molecule has 1 spiro atoms. The van der Waals surface area contributed by atoms with E-state index in [0.717, 1.165) is 56.1 Å². The molecule has 0 N–H and O–H groups in total. The van der Waals surface area contributed by atoms with E-state index >= 15 is 0 Å². The van der Waals surface area contributed by atoms with Gasteiger partial charge in [0.05, 0.1) is 73.8 Å². The lowest BCUT2D eigenvalue weighted by Gasteiger charge is -2.47. The van der Waals surface area contributed by atoms with Gasteiger partial charge in [-0.3, -0.25) is 4.79 Å². The van der Waals surface area contributed by atoms with Crippen molar-refractivity contribution in [1.29, 1.82) is 0 Å². The number of ether oxygens (including phenoxy) is 9. The van der Waals surface area contributed by atoms with Crippen LogP contribution in [0.3, 0.4) is 0 Å². The third-order valence-corrected chi connectivity index (χ3v) is 27.4. The Labute approximate surface area is 398 Å². The van der Waals surface area contributed by atoms with Gasteiger partial charge in [-0.2, -0.15) is 0 Å². The van der Waals surface area contributed by atoms with Crippen LogP contribution in [-0.2, 0) is 56.3 Å². The Morgan fingerprint density at radius 3 is 2.09 bits per heavy atom. The molecule has 10 rings (SSSR count). The smallest absolute Gasteiger partial charge is 0.192 e. The molecule has 0 aromatic rings. The highest BCUT2D eigenvalue weighted by atomic mass is 28.4. The maximum absolute atomic E-state index is 14.6. The van der Waals surface area contributed by atoms with Crippen LogP contribution in [-0.4, -0.2) is 140 Å². The molecule has 10 fully saturated rings. The van der Waals surface area contributed by atoms with Crippen LogP contribution >= 0.6 is 0 Å². The summed E-state index contributed by atoms with van der Waals surface area (Å²) in [6.07, 6.45) is 5.96. The average molecular weight is 959 g/mol. The van der Waals surface area contributed by atoms with Gasteiger partial charge in [-0.25, -0.2) is 0 Å². The number of carbonyl (C=O) groups excluding carboxylic acids is 1. The summed E-state index contributed by atoms with van der Waals surface area (Å²) in [6.45, 7) is 34.8. The summed E-state index contributed by atoms with van der Waals surface area (Å²) < 4.78 is 76.0. The third kappa shape index (κ3) is 9.87. The van der Waals surface area contributed by atoms with Crippen LogP contribution in [0, 0.1) is 11.8 Å². The first-order valence-corrected chi connectivity index (χ1v) is 31.8. The van der Waals surface area contributed by atoms with Crippen molar-refractivity contribution in [2.75, 3.05) is 13.7 Å². The van der Waals surface area contributed by atoms with Gasteiger partial charge in [0.1, 0.15) is 36.3 Å². The molecule has 374 valence electrons. The zero-order valence-corrected chi connectivity index (χ0v) is 44.6. The largest absolute Gasteiger partial charge is 0.414 e. The lowest BCUT2D eigenvalue weighted by molar-refractivity contribution is -0.292. The van der Waals surface area contributed by atoms with Crippen LogP contribution in [0.15, 0.2) is 24.3 Å². The minimum atomic E-state index is -2.22. The minimum Gasteiger partial charge on any atom is -0.414 e. The van der Waals surface area contributed by atoms with E-state index in [4.69, 9.17) is 51.5 Å². The van der Waals surface area contributed by atoms with E-state index in [1.165, 1.54) is 0 Å². The van der Waals surface area contributed by atoms with E-state index in [1.54, 1.807) is 7.11 Å². The zero-order chi connectivity index (χ0) is 47.3. The number of fused-ring (bicyclic) bond motifs is 6. The van der Waals surface area contributed by atoms with E-state index in [2.05, 4.69) is 87.8 Å². The molecular weight excluding hydrogens is 873 g/mol. The molecule has 7 unspecified atom stereocenters. The molecule has 19 atom stereocenters. The second-order valence-electron chi connectivity index (χ2n) is 25.1. The molecule has 0 radical (unpaired) electrons. The van der Waals surface area contributed by atoms with Crippen molar-refractivity contribution in [2.24, 2.45) is 11.8 Å². The molecule has 0 saturated carbocycles. The molecule has 0 aromatic carbocycles. The molecule has 10 aliphatic rings. The van der Waals surface area contributed by atoms with E-state index in [9.17, 15) is 4.79 Å². The maximum Gasteiger partial charge on any atom is 0.192 e. The molecule has 66 heavy (non-hydrogen) atoms. The normalized spacial score (nSPS) is 44.9. The Hall–Kier alpha value is -0.856. The molecular formula is C52H86O12Si2. The predicted octanol–water partition coefficient (Wildman–Crippen LogP) is 9.53. The number of Topliss-reactive ketones (excluding diaryl/α,β-unsaturated/α-hetero) is 1. The monoisotopic (exact) mass is 959 g/mol. The Morgan fingerprint density at radius 2 is 1.36 bits per heavy atom. The molecule has 12 nitrogen and oxygen atoms in total. The molecule has 0 aromatic heterocycles. The van der Waals surface area contributed by atoms with E-state index in [0.29, 0.717) is 45.1 Å². The van der Waals surface area contributed by atoms with Crippen LogP contribution in [0.1, 0.15) is 132 Å². The predicted molar refractivity (Wildman–Crippen MR) is 256 cm³/mol. The van der Waals surface area contributed by atoms with Gasteiger partial charge in [0.2, 0.25) is 0 Å². The first-order valence-electron chi connectivity index (χ1n) is 25.9. The molecule has 0 aliphatic carbocycles. The summed E-state index contributed by atoms with van der Waals surface area (Å²) in [6, 6.07) is 0. The Kier molecular flexibility index (Phi) is 14.1. The quantitative estimate of drug-likeness (QED) is 0.170. The highest BCUT2D eigenvalue weighted by molar-refractivity contribution is 6.74. The number of hydrogen-bond acceptors (Lipinski definition) is 12. The number of hydrogen-bond donors (Lipinski definition) is 0. The molecule has 10 saturated heterocycles. The first kappa shape index (κ1) is 50.1. The standard InChI is InChI=1S/C52H86O12Si2/c1-29-21-33-15-17-38-30(2)22-35(56-38)19-20-52-27-43-46(62-52)47-48(61-43)49(63-52)45-39(60-47)18-16-34(58-45)23-32(53)24-37-41(26-40(57-33)31(29)3)59-42(44(37)54-10)25-36(64-66(13,14)51(7,8)9)28-55-65(11,12)50(4,5)6/h29,33-49H,2-3,15-28H2,1,4-14H3/t29-,33?,34?,35?,36?,37+,38?,39+,40-,41+,42?,43?,44-,45+,46+,47+,48-,49+,52+/m1/s1. The zero-order valence-electron chi connectivity index (χ0n) is 42.6. The fourth-order valence-corrected chi connectivity index (χ4v) is 14.8. The number of ketones is 1. The SMILES string of the molecule is C=C1CC2CC[C@@]34CC5O[C@H]6[C@@H](O3)[C@H]3OC(CC[C@@H]3O[C@H]6[C@H]5O4)CC(=O)C[C@H]3[C@H](C[C@H]4OC(CCC1O2)C[C@@H](C)C4=C)OC(CC(CO[Si](C)(C)C(C)(C)C)O[Si](C)(C)C(C)(C)C)[C@@H]3OC. The summed E-state index contributed by atoms with van der Waals surface area (Å²) in [4.78, 5) is 14.6. The molecule has 14 heteroatoms. The fraction of sp³-hybridized carbons (Fsp3) is 0.904.